The Morgan fingerprint density at radius 1 is 1.32 bits per heavy atom. The molecule has 1 fully saturated rings. The van der Waals surface area contributed by atoms with Crippen molar-refractivity contribution in [2.75, 3.05) is 18.5 Å². The molecule has 0 saturated carbocycles. The number of ether oxygens (including phenoxy) is 1. The van der Waals surface area contributed by atoms with Crippen molar-refractivity contribution < 1.29 is 13.9 Å². The standard InChI is InChI=1S/C18H23N3O3.ClH/c1-11-12(2)24-18(20-11)14-4-3-5-15(10-14)21-17(22)16(19)13-6-8-23-9-7-13;/h3-5,10,13,16H,6-9,19H2,1-2H3,(H,21,22);1H. The number of hydrogen-bond donors (Lipinski definition) is 2. The van der Waals surface area contributed by atoms with Gasteiger partial charge in [-0.05, 0) is 50.8 Å². The second kappa shape index (κ2) is 8.47. The maximum atomic E-state index is 12.4. The van der Waals surface area contributed by atoms with Gasteiger partial charge in [0.05, 0.1) is 11.7 Å². The van der Waals surface area contributed by atoms with Crippen LogP contribution in [0.4, 0.5) is 5.69 Å². The Kier molecular flexibility index (Phi) is 6.58. The Bertz CT molecular complexity index is 707. The van der Waals surface area contributed by atoms with E-state index in [2.05, 4.69) is 10.3 Å². The number of aryl methyl sites for hydroxylation is 2. The zero-order chi connectivity index (χ0) is 17.1. The lowest BCUT2D eigenvalue weighted by molar-refractivity contribution is -0.119. The molecule has 1 atom stereocenters. The molecule has 0 aliphatic carbocycles. The highest BCUT2D eigenvalue weighted by atomic mass is 35.5. The number of hydrogen-bond acceptors (Lipinski definition) is 5. The summed E-state index contributed by atoms with van der Waals surface area (Å²) in [7, 11) is 0. The fraction of sp³-hybridized carbons (Fsp3) is 0.444. The molecule has 1 aromatic carbocycles. The maximum Gasteiger partial charge on any atom is 0.241 e. The zero-order valence-corrected chi connectivity index (χ0v) is 15.3. The van der Waals surface area contributed by atoms with Crippen molar-refractivity contribution in [3.63, 3.8) is 0 Å². The minimum absolute atomic E-state index is 0. The summed E-state index contributed by atoms with van der Waals surface area (Å²) >= 11 is 0. The second-order valence-electron chi connectivity index (χ2n) is 6.21. The van der Waals surface area contributed by atoms with Crippen molar-refractivity contribution in [1.82, 2.24) is 4.98 Å². The van der Waals surface area contributed by atoms with Gasteiger partial charge in [-0.2, -0.15) is 0 Å². The molecule has 0 spiro atoms. The normalized spacial score (nSPS) is 16.1. The van der Waals surface area contributed by atoms with Gasteiger partial charge in [0, 0.05) is 24.5 Å². The van der Waals surface area contributed by atoms with Crippen LogP contribution in [-0.4, -0.2) is 30.1 Å². The predicted molar refractivity (Wildman–Crippen MR) is 98.8 cm³/mol. The Hall–Kier alpha value is -1.89. The van der Waals surface area contributed by atoms with Crippen LogP contribution in [0.3, 0.4) is 0 Å². The molecule has 0 bridgehead atoms. The molecule has 1 aliphatic rings. The number of nitrogens with zero attached hydrogens (tertiary/aromatic N) is 1. The second-order valence-corrected chi connectivity index (χ2v) is 6.21. The number of nitrogens with one attached hydrogen (secondary N) is 1. The summed E-state index contributed by atoms with van der Waals surface area (Å²) in [6, 6.07) is 6.92. The lowest BCUT2D eigenvalue weighted by atomic mass is 9.92. The van der Waals surface area contributed by atoms with Crippen LogP contribution in [-0.2, 0) is 9.53 Å². The molecule has 136 valence electrons. The van der Waals surface area contributed by atoms with Crippen molar-refractivity contribution >= 4 is 24.0 Å². The maximum absolute atomic E-state index is 12.4. The van der Waals surface area contributed by atoms with Gasteiger partial charge in [0.2, 0.25) is 11.8 Å². The van der Waals surface area contributed by atoms with E-state index in [4.69, 9.17) is 14.9 Å². The first kappa shape index (κ1) is 19.4. The van der Waals surface area contributed by atoms with Crippen molar-refractivity contribution in [2.24, 2.45) is 11.7 Å². The van der Waals surface area contributed by atoms with E-state index >= 15 is 0 Å². The van der Waals surface area contributed by atoms with Crippen molar-refractivity contribution in [3.8, 4) is 11.5 Å². The highest BCUT2D eigenvalue weighted by Crippen LogP contribution is 2.25. The highest BCUT2D eigenvalue weighted by Gasteiger charge is 2.26. The molecule has 3 N–H and O–H groups in total. The van der Waals surface area contributed by atoms with Gasteiger partial charge in [0.15, 0.2) is 0 Å². The Morgan fingerprint density at radius 3 is 2.68 bits per heavy atom. The molecule has 1 aliphatic heterocycles. The van der Waals surface area contributed by atoms with E-state index in [0.29, 0.717) is 24.8 Å². The fourth-order valence-electron chi connectivity index (χ4n) is 2.84. The molecule has 1 unspecified atom stereocenters. The number of anilines is 1. The topological polar surface area (TPSA) is 90.4 Å². The molecule has 1 aromatic heterocycles. The van der Waals surface area contributed by atoms with Crippen LogP contribution in [0, 0.1) is 19.8 Å². The number of benzene rings is 1. The van der Waals surface area contributed by atoms with Crippen molar-refractivity contribution in [2.45, 2.75) is 32.7 Å². The average molecular weight is 366 g/mol. The van der Waals surface area contributed by atoms with Crippen LogP contribution in [0.5, 0.6) is 0 Å². The number of halogens is 1. The average Bonchev–Trinajstić information content (AvgIpc) is 2.94. The van der Waals surface area contributed by atoms with Crippen LogP contribution in [0.1, 0.15) is 24.3 Å². The van der Waals surface area contributed by atoms with E-state index in [-0.39, 0.29) is 24.2 Å². The number of carbonyl (C=O) groups excluding carboxylic acids is 1. The van der Waals surface area contributed by atoms with Gasteiger partial charge in [-0.15, -0.1) is 12.4 Å². The predicted octanol–water partition coefficient (Wildman–Crippen LogP) is 3.07. The van der Waals surface area contributed by atoms with E-state index in [0.717, 1.165) is 29.9 Å². The minimum atomic E-state index is -0.524. The van der Waals surface area contributed by atoms with E-state index in [1.165, 1.54) is 0 Å². The van der Waals surface area contributed by atoms with Gasteiger partial charge < -0.3 is 20.2 Å². The third kappa shape index (κ3) is 4.60. The summed E-state index contributed by atoms with van der Waals surface area (Å²) < 4.78 is 11.0. The molecule has 25 heavy (non-hydrogen) atoms. The summed E-state index contributed by atoms with van der Waals surface area (Å²) in [6.07, 6.45) is 1.65. The Labute approximate surface area is 153 Å². The van der Waals surface area contributed by atoms with Crippen LogP contribution >= 0.6 is 12.4 Å². The zero-order valence-electron chi connectivity index (χ0n) is 14.5. The number of amides is 1. The first-order chi connectivity index (χ1) is 11.5. The van der Waals surface area contributed by atoms with Gasteiger partial charge in [-0.1, -0.05) is 6.07 Å². The number of carbonyl (C=O) groups is 1. The molecule has 1 amide bonds. The van der Waals surface area contributed by atoms with E-state index in [1.54, 1.807) is 0 Å². The lowest BCUT2D eigenvalue weighted by Gasteiger charge is -2.26. The molecule has 1 saturated heterocycles. The lowest BCUT2D eigenvalue weighted by Crippen LogP contribution is -2.44. The van der Waals surface area contributed by atoms with E-state index in [9.17, 15) is 4.79 Å². The van der Waals surface area contributed by atoms with Crippen molar-refractivity contribution in [1.29, 1.82) is 0 Å². The molecular formula is C18H24ClN3O3. The van der Waals surface area contributed by atoms with Crippen LogP contribution in [0.15, 0.2) is 28.7 Å². The fourth-order valence-corrected chi connectivity index (χ4v) is 2.84. The van der Waals surface area contributed by atoms with Crippen LogP contribution < -0.4 is 11.1 Å². The quantitative estimate of drug-likeness (QED) is 0.868. The minimum Gasteiger partial charge on any atom is -0.441 e. The first-order valence-corrected chi connectivity index (χ1v) is 8.23. The molecule has 6 nitrogen and oxygen atoms in total. The van der Waals surface area contributed by atoms with Gasteiger partial charge in [0.25, 0.3) is 0 Å². The number of oxazole rings is 1. The van der Waals surface area contributed by atoms with Gasteiger partial charge in [-0.3, -0.25) is 4.79 Å². The van der Waals surface area contributed by atoms with Crippen LogP contribution in [0.25, 0.3) is 11.5 Å². The molecular weight excluding hydrogens is 342 g/mol. The largest absolute Gasteiger partial charge is 0.441 e. The highest BCUT2D eigenvalue weighted by molar-refractivity contribution is 5.95. The monoisotopic (exact) mass is 365 g/mol. The summed E-state index contributed by atoms with van der Waals surface area (Å²) in [5.74, 6) is 1.34. The summed E-state index contributed by atoms with van der Waals surface area (Å²) in [5, 5.41) is 2.90. The number of rotatable bonds is 4. The molecule has 0 radical (unpaired) electrons. The Morgan fingerprint density at radius 2 is 2.04 bits per heavy atom. The molecule has 2 aromatic rings. The molecule has 3 rings (SSSR count). The van der Waals surface area contributed by atoms with Crippen molar-refractivity contribution in [3.05, 3.63) is 35.7 Å². The van der Waals surface area contributed by atoms with Gasteiger partial charge in [-0.25, -0.2) is 4.98 Å². The van der Waals surface area contributed by atoms with Gasteiger partial charge in [0.1, 0.15) is 5.76 Å². The number of aromatic nitrogens is 1. The van der Waals surface area contributed by atoms with E-state index in [1.807, 2.05) is 38.1 Å². The third-order valence-corrected chi connectivity index (χ3v) is 4.48. The smallest absolute Gasteiger partial charge is 0.241 e. The van der Waals surface area contributed by atoms with Gasteiger partial charge >= 0.3 is 0 Å². The summed E-state index contributed by atoms with van der Waals surface area (Å²) in [4.78, 5) is 16.8. The SMILES string of the molecule is Cc1nc(-c2cccc(NC(=O)C(N)C3CCOCC3)c2)oc1C.Cl. The van der Waals surface area contributed by atoms with Crippen LogP contribution in [0.2, 0.25) is 0 Å². The third-order valence-electron chi connectivity index (χ3n) is 4.48. The molecule has 2 heterocycles. The summed E-state index contributed by atoms with van der Waals surface area (Å²) in [6.45, 7) is 5.12. The summed E-state index contributed by atoms with van der Waals surface area (Å²) in [5.41, 5.74) is 8.49. The first-order valence-electron chi connectivity index (χ1n) is 8.23. The Balaban J connectivity index is 0.00000225. The number of nitrogens with two attached hydrogens (primary N) is 1. The molecule has 7 heteroatoms. The van der Waals surface area contributed by atoms with E-state index < -0.39 is 6.04 Å².